The molecule has 9 aliphatic rings. The Labute approximate surface area is 797 Å². The zero-order valence-corrected chi connectivity index (χ0v) is 76.0. The van der Waals surface area contributed by atoms with E-state index in [2.05, 4.69) is 47.9 Å². The second-order valence-corrected chi connectivity index (χ2v) is 35.3. The molecule has 0 saturated carbocycles. The highest BCUT2D eigenvalue weighted by Crippen LogP contribution is 2.51. The lowest BCUT2D eigenvalue weighted by Gasteiger charge is -2.44. The molecule has 7 aromatic rings. The number of aliphatic hydroxyl groups is 10. The van der Waals surface area contributed by atoms with Crippen LogP contribution in [-0.4, -0.2) is 281 Å². The number of phenols is 4. The van der Waals surface area contributed by atoms with Gasteiger partial charge in [0.25, 0.3) is 0 Å². The summed E-state index contributed by atoms with van der Waals surface area (Å²) < 4.78 is 58.2. The van der Waals surface area contributed by atoms with Crippen molar-refractivity contribution in [3.8, 4) is 80.1 Å². The second-order valence-electron chi connectivity index (χ2n) is 34.5. The quantitative estimate of drug-likeness (QED) is 0.0313. The Kier molecular flexibility index (Phi) is 32.5. The normalized spacial score (nSPS) is 28.2. The number of carbonyl (C=O) groups excluding carboxylic acids is 9. The van der Waals surface area contributed by atoms with Gasteiger partial charge < -0.3 is 173 Å². The summed E-state index contributed by atoms with van der Waals surface area (Å²) in [6.45, 7) is 0.103. The Hall–Kier alpha value is -12.3. The Balaban J connectivity index is 1.05. The number of allylic oxidation sites excluding steroid dienone is 2. The first kappa shape index (κ1) is 102. The molecule has 740 valence electrons. The van der Waals surface area contributed by atoms with Crippen molar-refractivity contribution in [3.05, 3.63) is 176 Å². The first-order chi connectivity index (χ1) is 65.9. The molecule has 9 aliphatic heterocycles. The van der Waals surface area contributed by atoms with Gasteiger partial charge in [0.1, 0.15) is 162 Å². The van der Waals surface area contributed by atoms with Crippen LogP contribution in [-0.2, 0) is 68.5 Å². The number of unbranched alkanes of at least 4 members (excludes halogenated alkanes) is 3. The van der Waals surface area contributed by atoms with E-state index in [1.807, 2.05) is 13.0 Å². The number of benzene rings is 7. The van der Waals surface area contributed by atoms with Gasteiger partial charge in [0.2, 0.25) is 71.5 Å². The van der Waals surface area contributed by atoms with Crippen LogP contribution in [0.2, 0.25) is 10.0 Å². The minimum Gasteiger partial charge on any atom is -0.508 e. The number of ether oxygens (including phenoxy) is 9. The highest BCUT2D eigenvalue weighted by atomic mass is 35.5. The molecule has 138 heavy (non-hydrogen) atoms. The number of hydrogen-bond acceptors (Lipinski definition) is 34. The monoisotopic (exact) mass is 1960 g/mol. The summed E-state index contributed by atoms with van der Waals surface area (Å²) in [4.78, 5) is 143. The van der Waals surface area contributed by atoms with E-state index in [-0.39, 0.29) is 70.3 Å². The van der Waals surface area contributed by atoms with E-state index in [4.69, 9.17) is 71.6 Å². The molecule has 0 aromatic heterocycles. The van der Waals surface area contributed by atoms with E-state index in [1.54, 1.807) is 25.1 Å². The number of carbonyl (C=O) groups is 9. The molecule has 23 atom stereocenters. The molecule has 7 aromatic carbocycles. The molecule has 16 rings (SSSR count). The number of nitrogens with zero attached hydrogens (tertiary/aromatic N) is 1. The van der Waals surface area contributed by atoms with Gasteiger partial charge in [-0.15, -0.1) is 0 Å². The third-order valence-electron chi connectivity index (χ3n) is 24.2. The summed E-state index contributed by atoms with van der Waals surface area (Å²) in [6.07, 6.45) is -21.7. The topological polar surface area (TPSA) is 657 Å². The summed E-state index contributed by atoms with van der Waals surface area (Å²) >= 11 is 14.9. The Morgan fingerprint density at radius 1 is 0.522 bits per heavy atom. The SMILES string of the molecule is CCCCC/C=C/CCC(=O)N[C@H]1[C@H](Oc2c3cc4cc2Oc2ccc(cc2Cl)[C@@H](O[C@@H]2O[C@H](CO)[C@@H](O)[C@H](O)[C@H]2NC(C)=O)[C@@H]2NC(=O)[C@H](NC(=O)[C@@H]4NC(=O)[C@H]4NC(=O)[C@@H](Cc5ccc(c(Cl)c5)O3)NC(=O)[C@H](N)c3ccc(O)c(c3)Oc3cc(O)cc4c3)c3ccc(O)c(c3)-c3c(O[C@H]4O[C@H](CO)[C@@H](O)[C@H](O)[C@@H]4O)cc(O)cc3[C@@H](C(=O)NCCCN(C)C)NC2=O)O[C@H](CO)[C@@H](O)[C@@H]1O. The van der Waals surface area contributed by atoms with Gasteiger partial charge in [-0.3, -0.25) is 43.2 Å². The maximum Gasteiger partial charge on any atom is 0.248 e. The number of amides is 9. The Morgan fingerprint density at radius 3 is 1.74 bits per heavy atom. The molecule has 43 nitrogen and oxygen atoms in total. The van der Waals surface area contributed by atoms with Crippen LogP contribution in [0.4, 0.5) is 0 Å². The summed E-state index contributed by atoms with van der Waals surface area (Å²) in [5.41, 5.74) is 3.40. The smallest absolute Gasteiger partial charge is 0.248 e. The van der Waals surface area contributed by atoms with E-state index in [0.717, 1.165) is 111 Å². The molecule has 0 spiro atoms. The van der Waals surface area contributed by atoms with Crippen molar-refractivity contribution in [1.29, 1.82) is 0 Å². The van der Waals surface area contributed by atoms with Gasteiger partial charge in [0, 0.05) is 49.6 Å². The van der Waals surface area contributed by atoms with Crippen molar-refractivity contribution in [3.63, 3.8) is 0 Å². The molecule has 9 heterocycles. The van der Waals surface area contributed by atoms with Gasteiger partial charge in [-0.1, -0.05) is 79.4 Å². The third-order valence-corrected chi connectivity index (χ3v) is 24.8. The van der Waals surface area contributed by atoms with Crippen LogP contribution in [0.1, 0.15) is 134 Å². The van der Waals surface area contributed by atoms with Gasteiger partial charge >= 0.3 is 0 Å². The highest BCUT2D eigenvalue weighted by molar-refractivity contribution is 6.32. The average molecular weight is 1960 g/mol. The summed E-state index contributed by atoms with van der Waals surface area (Å²) in [6, 6.07) is 1.85. The van der Waals surface area contributed by atoms with Crippen molar-refractivity contribution in [2.24, 2.45) is 5.73 Å². The third kappa shape index (κ3) is 22.8. The van der Waals surface area contributed by atoms with Gasteiger partial charge in [-0.25, -0.2) is 0 Å². The van der Waals surface area contributed by atoms with Crippen LogP contribution in [0.3, 0.4) is 0 Å². The van der Waals surface area contributed by atoms with Crippen molar-refractivity contribution in [2.75, 3.05) is 47.0 Å². The fourth-order valence-corrected chi connectivity index (χ4v) is 17.4. The fraction of sp³-hybridized carbons (Fsp3) is 0.430. The molecule has 9 amide bonds. The summed E-state index contributed by atoms with van der Waals surface area (Å²) in [5, 5.41) is 184. The molecular weight excluding hydrogens is 1850 g/mol. The maximum atomic E-state index is 17.2. The standard InChI is InChI=1S/C93H107Cl2N11O32/c1-5-6-7-8-9-10-11-13-65(115)100-73-79(120)76(117)63(37-108)135-92(73)138-83-60-31-45-32-61(83)132-57-21-17-43(29-52(57)95)82(137-91-72(98-39(2)110)78(119)75(116)62(36-107)134-91)74-90(129)104-71(86(125)97-22-12-23-106(3)4)50-34-47(112)35-59(133-93-81(122)80(121)77(118)64(38-109)136-93)66(50)49-28-42(16-18-54(49)113)68(87(126)105-74)102-89(128)70(45)103-88(127)69-44-26-46(111)33-48(27-44)130-58-30-41(15-19-55(58)114)67(96)85(124)99-53(84(123)101-69)25-40-14-20-56(131-60)51(94)24-40/h9-10,14-21,24,26-35,53,62-64,67-82,91-93,107-109,111-114,116-122H,5-8,11-13,22-23,25,36-38,96H2,1-4H3,(H,97,125)(H,98,110)(H,99,124)(H,100,115)(H,101,123)(H,102,128)(H,103,127)(H,104,129)(H,105,126)/b10-9+/t53-,62-,63-,64-,67-,68-,69+,70-,71+,72-,73-,74+,75-,76-,77-,78-,79-,80+,81+,82-,91+,92+,93+/m1/s1. The molecule has 25 N–H and O–H groups in total. The number of halogens is 2. The van der Waals surface area contributed by atoms with E-state index in [0.29, 0.717) is 13.0 Å². The highest BCUT2D eigenvalue weighted by Gasteiger charge is 2.52. The number of aliphatic hydroxyl groups excluding tert-OH is 10. The van der Waals surface area contributed by atoms with E-state index in [1.165, 1.54) is 30.3 Å². The predicted octanol–water partition coefficient (Wildman–Crippen LogP) is 0.923. The van der Waals surface area contributed by atoms with Gasteiger partial charge in [-0.2, -0.15) is 0 Å². The van der Waals surface area contributed by atoms with Crippen LogP contribution in [0, 0.1) is 0 Å². The Morgan fingerprint density at radius 2 is 1.09 bits per heavy atom. The van der Waals surface area contributed by atoms with Crippen molar-refractivity contribution in [1.82, 2.24) is 52.8 Å². The molecule has 0 unspecified atom stereocenters. The zero-order valence-electron chi connectivity index (χ0n) is 74.5. The lowest BCUT2D eigenvalue weighted by atomic mass is 9.89. The average Bonchev–Trinajstić information content (AvgIpc) is 0.752. The summed E-state index contributed by atoms with van der Waals surface area (Å²) in [7, 11) is 3.47. The summed E-state index contributed by atoms with van der Waals surface area (Å²) in [5.74, 6) is -18.1. The van der Waals surface area contributed by atoms with Crippen molar-refractivity contribution < 1.29 is 157 Å². The number of rotatable bonds is 23. The first-order valence-corrected chi connectivity index (χ1v) is 45.1. The molecule has 0 aliphatic carbocycles. The number of aromatic hydroxyl groups is 4. The van der Waals surface area contributed by atoms with E-state index < -0.39 is 304 Å². The van der Waals surface area contributed by atoms with Crippen LogP contribution in [0.15, 0.2) is 127 Å². The number of hydrogen-bond donors (Lipinski definition) is 24. The molecule has 3 saturated heterocycles. The minimum atomic E-state index is -2.52. The maximum absolute atomic E-state index is 17.2. The van der Waals surface area contributed by atoms with Crippen LogP contribution < -0.4 is 77.3 Å². The molecule has 0 radical (unpaired) electrons. The van der Waals surface area contributed by atoms with Crippen molar-refractivity contribution >= 4 is 76.4 Å². The molecular formula is C93H107Cl2N11O32. The van der Waals surface area contributed by atoms with Gasteiger partial charge in [0.15, 0.2) is 29.3 Å². The lowest BCUT2D eigenvalue weighted by molar-refractivity contribution is -0.284. The number of nitrogens with one attached hydrogen (secondary N) is 9. The number of fused-ring (bicyclic) bond motifs is 14. The second kappa shape index (κ2) is 44.2. The van der Waals surface area contributed by atoms with Crippen LogP contribution in [0.5, 0.6) is 69.0 Å². The molecule has 3 fully saturated rings. The van der Waals surface area contributed by atoms with Crippen molar-refractivity contribution in [2.45, 2.75) is 206 Å². The minimum absolute atomic E-state index is 0.0318. The Bertz CT molecular complexity index is 5740. The first-order valence-electron chi connectivity index (χ1n) is 44.3. The van der Waals surface area contributed by atoms with Gasteiger partial charge in [-0.05, 0) is 164 Å². The van der Waals surface area contributed by atoms with E-state index >= 15 is 28.8 Å². The largest absolute Gasteiger partial charge is 0.508 e. The molecule has 45 heteroatoms. The number of nitrogens with two attached hydrogens (primary N) is 1. The predicted molar refractivity (Wildman–Crippen MR) is 482 cm³/mol. The van der Waals surface area contributed by atoms with Crippen LogP contribution >= 0.6 is 23.2 Å². The molecule has 17 bridgehead atoms. The fourth-order valence-electron chi connectivity index (χ4n) is 17.0. The van der Waals surface area contributed by atoms with E-state index in [9.17, 15) is 85.9 Å². The zero-order chi connectivity index (χ0) is 99.1. The van der Waals surface area contributed by atoms with Gasteiger partial charge in [0.05, 0.1) is 29.9 Å². The lowest BCUT2D eigenvalue weighted by Crippen LogP contribution is -2.65. The van der Waals surface area contributed by atoms with Crippen LogP contribution in [0.25, 0.3) is 11.1 Å². The number of phenolic OH excluding ortho intramolecular Hbond substituents is 4.